The molecule has 0 unspecified atom stereocenters. The number of hydrogen-bond donors (Lipinski definition) is 2. The molecule has 0 bridgehead atoms. The average Bonchev–Trinajstić information content (AvgIpc) is 4.16. The van der Waals surface area contributed by atoms with E-state index < -0.39 is 33.6 Å². The van der Waals surface area contributed by atoms with E-state index in [0.717, 1.165) is 44.8 Å². The number of halogens is 2. The summed E-state index contributed by atoms with van der Waals surface area (Å²) < 4.78 is 27.3. The standard InChI is InChI=1S/2C27H24FNO3/c2*1-17(2)26(20-10-12-21(28)13-11-20)16-27(26)22-8-3-4-9-23(22)29(25(27)32)15-18-6-5-7-19(14-18)24(30)31/h2*3-14,17H,15-16H2,1-2H3,(H,30,31)/t2*26-,27-/m10/s1. The zero-order valence-corrected chi connectivity index (χ0v) is 36.0. The molecule has 2 aliphatic heterocycles. The van der Waals surface area contributed by atoms with Gasteiger partial charge in [0.25, 0.3) is 0 Å². The second-order valence-corrected chi connectivity index (χ2v) is 18.3. The fourth-order valence-corrected chi connectivity index (χ4v) is 11.5. The lowest BCUT2D eigenvalue weighted by Crippen LogP contribution is -2.38. The van der Waals surface area contributed by atoms with E-state index >= 15 is 0 Å². The zero-order chi connectivity index (χ0) is 45.3. The van der Waals surface area contributed by atoms with Crippen LogP contribution in [0.15, 0.2) is 146 Å². The molecule has 6 aromatic carbocycles. The maximum absolute atomic E-state index is 14.1. The molecule has 2 N–H and O–H groups in total. The molecule has 10 heteroatoms. The van der Waals surface area contributed by atoms with Gasteiger partial charge in [-0.15, -0.1) is 0 Å². The van der Waals surface area contributed by atoms with Crippen molar-refractivity contribution in [3.05, 3.63) is 202 Å². The van der Waals surface area contributed by atoms with Gasteiger partial charge in [-0.05, 0) is 119 Å². The van der Waals surface area contributed by atoms with E-state index in [1.165, 1.54) is 24.3 Å². The Kier molecular flexibility index (Phi) is 10.2. The molecule has 8 nitrogen and oxygen atoms in total. The summed E-state index contributed by atoms with van der Waals surface area (Å²) in [6, 6.07) is 42.2. The number of anilines is 2. The molecule has 6 aromatic rings. The normalized spacial score (nSPS) is 23.6. The van der Waals surface area contributed by atoms with E-state index in [4.69, 9.17) is 0 Å². The molecule has 2 amide bonds. The van der Waals surface area contributed by atoms with Crippen molar-refractivity contribution in [3.8, 4) is 0 Å². The lowest BCUT2D eigenvalue weighted by molar-refractivity contribution is -0.121. The summed E-state index contributed by atoms with van der Waals surface area (Å²) in [5.41, 5.74) is 5.40. The van der Waals surface area contributed by atoms with Gasteiger partial charge in [0.1, 0.15) is 11.6 Å². The second-order valence-electron chi connectivity index (χ2n) is 18.3. The minimum absolute atomic E-state index is 0.0254. The first-order chi connectivity index (χ1) is 30.6. The van der Waals surface area contributed by atoms with Crippen molar-refractivity contribution < 1.29 is 38.2 Å². The molecule has 10 rings (SSSR count). The molecule has 2 spiro atoms. The van der Waals surface area contributed by atoms with Gasteiger partial charge in [0.15, 0.2) is 0 Å². The monoisotopic (exact) mass is 858 g/mol. The van der Waals surface area contributed by atoms with Gasteiger partial charge < -0.3 is 20.0 Å². The van der Waals surface area contributed by atoms with Gasteiger partial charge in [-0.1, -0.05) is 113 Å². The molecule has 2 fully saturated rings. The molecule has 0 radical (unpaired) electrons. The summed E-state index contributed by atoms with van der Waals surface area (Å²) >= 11 is 0. The number of hydrogen-bond acceptors (Lipinski definition) is 4. The van der Waals surface area contributed by atoms with Gasteiger partial charge in [0.2, 0.25) is 11.8 Å². The van der Waals surface area contributed by atoms with Crippen LogP contribution in [-0.2, 0) is 44.3 Å². The van der Waals surface area contributed by atoms with E-state index in [9.17, 15) is 38.2 Å². The van der Waals surface area contributed by atoms with Gasteiger partial charge in [-0.25, -0.2) is 18.4 Å². The van der Waals surface area contributed by atoms with Crippen molar-refractivity contribution in [3.63, 3.8) is 0 Å². The maximum Gasteiger partial charge on any atom is 0.335 e. The lowest BCUT2D eigenvalue weighted by atomic mass is 9.75. The minimum Gasteiger partial charge on any atom is -0.478 e. The Bertz CT molecular complexity index is 2670. The highest BCUT2D eigenvalue weighted by Crippen LogP contribution is 2.74. The van der Waals surface area contributed by atoms with Crippen molar-refractivity contribution in [1.29, 1.82) is 0 Å². The van der Waals surface area contributed by atoms with E-state index in [0.29, 0.717) is 25.9 Å². The molecular weight excluding hydrogens is 811 g/mol. The number of aromatic carboxylic acids is 2. The van der Waals surface area contributed by atoms with Crippen molar-refractivity contribution >= 4 is 35.1 Å². The summed E-state index contributed by atoms with van der Waals surface area (Å²) in [6.45, 7) is 9.08. The van der Waals surface area contributed by atoms with Crippen LogP contribution in [0.5, 0.6) is 0 Å². The number of amides is 2. The number of carboxylic acids is 2. The van der Waals surface area contributed by atoms with Crippen molar-refractivity contribution in [1.82, 2.24) is 0 Å². The topological polar surface area (TPSA) is 115 Å². The van der Waals surface area contributed by atoms with Crippen LogP contribution in [0.2, 0.25) is 0 Å². The highest BCUT2D eigenvalue weighted by atomic mass is 19.1. The third-order valence-electron chi connectivity index (χ3n) is 14.6. The van der Waals surface area contributed by atoms with Crippen molar-refractivity contribution in [2.24, 2.45) is 11.8 Å². The van der Waals surface area contributed by atoms with E-state index in [2.05, 4.69) is 27.7 Å². The highest BCUT2D eigenvalue weighted by molar-refractivity contribution is 6.13. The SMILES string of the molecule is CC(C)[C@@]1(c2ccc(F)cc2)C[C@@]12C(=O)N(Cc1cccc(C(=O)O)c1)c1ccccc12.CC(C)[C@]1(c2ccc(F)cc2)C[C@]12C(=O)N(Cc1cccc(C(=O)O)c1)c1ccccc12. The van der Waals surface area contributed by atoms with Crippen LogP contribution >= 0.6 is 0 Å². The third kappa shape index (κ3) is 6.20. The van der Waals surface area contributed by atoms with E-state index in [1.807, 2.05) is 60.7 Å². The molecule has 324 valence electrons. The minimum atomic E-state index is -0.992. The van der Waals surface area contributed by atoms with Gasteiger partial charge in [0.05, 0.1) is 35.0 Å². The molecule has 64 heavy (non-hydrogen) atoms. The fraction of sp³-hybridized carbons (Fsp3) is 0.259. The first kappa shape index (κ1) is 42.4. The number of nitrogens with zero attached hydrogens (tertiary/aromatic N) is 2. The van der Waals surface area contributed by atoms with Crippen LogP contribution in [0.4, 0.5) is 20.2 Å². The number of carbonyl (C=O) groups is 4. The number of rotatable bonds is 10. The molecule has 4 atom stereocenters. The number of carboxylic acid groups (broad SMARTS) is 2. The van der Waals surface area contributed by atoms with Crippen LogP contribution < -0.4 is 9.80 Å². The number of para-hydroxylation sites is 2. The van der Waals surface area contributed by atoms with Crippen molar-refractivity contribution in [2.75, 3.05) is 9.80 Å². The number of carbonyl (C=O) groups excluding carboxylic acids is 2. The zero-order valence-electron chi connectivity index (χ0n) is 36.0. The van der Waals surface area contributed by atoms with Gasteiger partial charge in [0, 0.05) is 22.2 Å². The van der Waals surface area contributed by atoms with E-state index in [1.54, 1.807) is 70.5 Å². The van der Waals surface area contributed by atoms with Crippen LogP contribution in [0.25, 0.3) is 0 Å². The molecule has 2 saturated carbocycles. The van der Waals surface area contributed by atoms with Crippen LogP contribution in [-0.4, -0.2) is 34.0 Å². The largest absolute Gasteiger partial charge is 0.478 e. The summed E-state index contributed by atoms with van der Waals surface area (Å²) in [6.07, 6.45) is 1.34. The van der Waals surface area contributed by atoms with Crippen LogP contribution in [0, 0.1) is 23.5 Å². The summed E-state index contributed by atoms with van der Waals surface area (Å²) in [5.74, 6) is -2.18. The molecule has 2 aliphatic carbocycles. The fourth-order valence-electron chi connectivity index (χ4n) is 11.5. The van der Waals surface area contributed by atoms with Gasteiger partial charge in [-0.2, -0.15) is 0 Å². The van der Waals surface area contributed by atoms with Crippen LogP contribution in [0.3, 0.4) is 0 Å². The first-order valence-electron chi connectivity index (χ1n) is 21.6. The third-order valence-corrected chi connectivity index (χ3v) is 14.6. The molecular formula is C54H48F2N2O6. The Hall–Kier alpha value is -6.94. The molecule has 2 heterocycles. The molecule has 0 saturated heterocycles. The predicted molar refractivity (Wildman–Crippen MR) is 240 cm³/mol. The maximum atomic E-state index is 14.1. The lowest BCUT2D eigenvalue weighted by Gasteiger charge is -2.27. The summed E-state index contributed by atoms with van der Waals surface area (Å²) in [5, 5.41) is 18.7. The molecule has 0 aromatic heterocycles. The first-order valence-corrected chi connectivity index (χ1v) is 21.6. The Morgan fingerprint density at radius 3 is 1.23 bits per heavy atom. The summed E-state index contributed by atoms with van der Waals surface area (Å²) in [7, 11) is 0. The van der Waals surface area contributed by atoms with E-state index in [-0.39, 0.29) is 46.4 Å². The average molecular weight is 859 g/mol. The Morgan fingerprint density at radius 2 is 0.891 bits per heavy atom. The second kappa shape index (κ2) is 15.4. The highest BCUT2D eigenvalue weighted by Gasteiger charge is 2.79. The quantitative estimate of drug-likeness (QED) is 0.142. The van der Waals surface area contributed by atoms with Crippen LogP contribution in [0.1, 0.15) is 94.6 Å². The molecule has 4 aliphatic rings. The Labute approximate surface area is 370 Å². The Balaban J connectivity index is 0.000000162. The number of fused-ring (bicyclic) bond motifs is 4. The number of benzene rings is 6. The Morgan fingerprint density at radius 1 is 0.531 bits per heavy atom. The van der Waals surface area contributed by atoms with Gasteiger partial charge in [-0.3, -0.25) is 9.59 Å². The predicted octanol–water partition coefficient (Wildman–Crippen LogP) is 10.6. The smallest absolute Gasteiger partial charge is 0.335 e. The van der Waals surface area contributed by atoms with Crippen molar-refractivity contribution in [2.45, 2.75) is 75.3 Å². The van der Waals surface area contributed by atoms with Gasteiger partial charge >= 0.3 is 11.9 Å². The summed E-state index contributed by atoms with van der Waals surface area (Å²) in [4.78, 5) is 54.5.